The number of aromatic nitrogens is 3. The van der Waals surface area contributed by atoms with Gasteiger partial charge in [0, 0.05) is 46.8 Å². The Hall–Kier alpha value is -5.74. The van der Waals surface area contributed by atoms with Gasteiger partial charge in [0.2, 0.25) is 5.69 Å². The number of rotatable bonds is 18. The number of pyridine rings is 1. The molecular weight excluding hydrogens is 767 g/mol. The minimum absolute atomic E-state index is 0.0671. The number of aryl methyl sites for hydroxylation is 2. The lowest BCUT2D eigenvalue weighted by Crippen LogP contribution is -2.39. The van der Waals surface area contributed by atoms with Gasteiger partial charge < -0.3 is 4.42 Å². The lowest BCUT2D eigenvalue weighted by molar-refractivity contribution is -0.686. The third-order valence-electron chi connectivity index (χ3n) is 14.4. The van der Waals surface area contributed by atoms with Gasteiger partial charge in [0.05, 0.1) is 11.3 Å². The molecule has 8 rings (SSSR count). The van der Waals surface area contributed by atoms with Crippen LogP contribution in [0.5, 0.6) is 0 Å². The highest BCUT2D eigenvalue weighted by molar-refractivity contribution is 6.09. The second-order valence-electron chi connectivity index (χ2n) is 18.5. The van der Waals surface area contributed by atoms with Gasteiger partial charge in [-0.3, -0.25) is 4.57 Å². The number of hydrogen-bond donors (Lipinski definition) is 0. The molecule has 3 atom stereocenters. The van der Waals surface area contributed by atoms with Gasteiger partial charge in [-0.2, -0.15) is 4.57 Å². The van der Waals surface area contributed by atoms with E-state index in [0.29, 0.717) is 17.8 Å². The summed E-state index contributed by atoms with van der Waals surface area (Å²) in [6, 6.07) is 44.5. The lowest BCUT2D eigenvalue weighted by atomic mass is 9.64. The van der Waals surface area contributed by atoms with Crippen molar-refractivity contribution in [1.82, 2.24) is 9.55 Å². The van der Waals surface area contributed by atoms with E-state index in [1.165, 1.54) is 81.6 Å². The largest absolute Gasteiger partial charge is 0.455 e. The maximum Gasteiger partial charge on any atom is 0.216 e. The van der Waals surface area contributed by atoms with Crippen molar-refractivity contribution >= 4 is 21.9 Å². The van der Waals surface area contributed by atoms with E-state index in [-0.39, 0.29) is 5.41 Å². The van der Waals surface area contributed by atoms with Crippen molar-refractivity contribution in [2.24, 2.45) is 5.92 Å². The van der Waals surface area contributed by atoms with Crippen LogP contribution in [-0.2, 0) is 12.0 Å². The van der Waals surface area contributed by atoms with Gasteiger partial charge in [0.1, 0.15) is 23.5 Å². The van der Waals surface area contributed by atoms with Crippen molar-refractivity contribution in [3.05, 3.63) is 162 Å². The second kappa shape index (κ2) is 19.3. The van der Waals surface area contributed by atoms with Gasteiger partial charge in [-0.05, 0) is 89.3 Å². The summed E-state index contributed by atoms with van der Waals surface area (Å²) in [6.45, 7) is 19.7. The Bertz CT molecular complexity index is 2790. The molecule has 3 aromatic heterocycles. The lowest BCUT2D eigenvalue weighted by Gasteiger charge is -2.40. The molecule has 3 unspecified atom stereocenters. The number of para-hydroxylation sites is 2. The van der Waals surface area contributed by atoms with Crippen LogP contribution in [0.4, 0.5) is 0 Å². The Kier molecular flexibility index (Phi) is 13.5. The van der Waals surface area contributed by atoms with Crippen LogP contribution in [0.1, 0.15) is 134 Å². The minimum atomic E-state index is -0.0671. The van der Waals surface area contributed by atoms with Crippen molar-refractivity contribution in [2.45, 2.75) is 131 Å². The van der Waals surface area contributed by atoms with E-state index in [2.05, 4.69) is 198 Å². The van der Waals surface area contributed by atoms with Crippen LogP contribution >= 0.6 is 0 Å². The van der Waals surface area contributed by atoms with Crippen molar-refractivity contribution in [1.29, 1.82) is 0 Å². The summed E-state index contributed by atoms with van der Waals surface area (Å²) >= 11 is 0. The zero-order valence-corrected chi connectivity index (χ0v) is 39.1. The molecule has 0 saturated carbocycles. The fourth-order valence-electron chi connectivity index (χ4n) is 10.7. The minimum Gasteiger partial charge on any atom is -0.455 e. The van der Waals surface area contributed by atoms with Crippen molar-refractivity contribution in [3.63, 3.8) is 0 Å². The van der Waals surface area contributed by atoms with Gasteiger partial charge in [-0.25, -0.2) is 4.98 Å². The topological polar surface area (TPSA) is 34.8 Å². The summed E-state index contributed by atoms with van der Waals surface area (Å²) < 4.78 is 11.7. The third-order valence-corrected chi connectivity index (χ3v) is 14.4. The molecule has 0 aliphatic rings. The predicted octanol–water partition coefficient (Wildman–Crippen LogP) is 16.4. The molecule has 0 aliphatic heterocycles. The molecule has 0 saturated heterocycles. The molecule has 63 heavy (non-hydrogen) atoms. The molecule has 4 nitrogen and oxygen atoms in total. The highest BCUT2D eigenvalue weighted by atomic mass is 16.3. The average Bonchev–Trinajstić information content (AvgIpc) is 3.96. The molecule has 0 N–H and O–H groups in total. The van der Waals surface area contributed by atoms with Gasteiger partial charge in [-0.15, -0.1) is 0 Å². The Labute approximate surface area is 377 Å². The van der Waals surface area contributed by atoms with Crippen LogP contribution in [0, 0.1) is 12.8 Å². The SMILES string of the molecule is CCCCCC(C)c1cccc(C(C)C)c1-n1ccnc1-c1ccccc1C(CC)(CCC[n+]1cc(-c2ccccc2)ccc1-c1c(C)ccc2c1oc1ccccc12)C(C)CC. The first-order valence-electron chi connectivity index (χ1n) is 24.0. The quantitative estimate of drug-likeness (QED) is 0.0637. The van der Waals surface area contributed by atoms with Crippen LogP contribution < -0.4 is 4.57 Å². The number of benzene rings is 5. The van der Waals surface area contributed by atoms with E-state index < -0.39 is 0 Å². The van der Waals surface area contributed by atoms with E-state index in [1.54, 1.807) is 0 Å². The first-order chi connectivity index (χ1) is 30.7. The standard InChI is InChI=1S/C59H68N3O/c1-9-12-14-23-42(6)48-29-21-28-47(41(4)5)56(48)62-39-37-60-58(62)51-27-17-19-30-52(51)59(11-3,44(8)10-2)36-22-38-61-40-46(45-24-15-13-16-25-45)33-35-53(61)55-43(7)32-34-50-49-26-18-20-31-54(49)63-57(50)55/h13,15-21,24-35,37,39-42,44H,9-12,14,22-23,36,38H2,1-8H3/q+1. The Balaban J connectivity index is 1.21. The number of fused-ring (bicyclic) bond motifs is 3. The summed E-state index contributed by atoms with van der Waals surface area (Å²) in [5, 5.41) is 2.32. The summed E-state index contributed by atoms with van der Waals surface area (Å²) in [7, 11) is 0. The monoisotopic (exact) mass is 835 g/mol. The van der Waals surface area contributed by atoms with Crippen molar-refractivity contribution < 1.29 is 8.98 Å². The highest BCUT2D eigenvalue weighted by Gasteiger charge is 2.38. The maximum atomic E-state index is 6.70. The Morgan fingerprint density at radius 2 is 1.48 bits per heavy atom. The van der Waals surface area contributed by atoms with Gasteiger partial charge in [0.15, 0.2) is 6.20 Å². The number of nitrogens with zero attached hydrogens (tertiary/aromatic N) is 3. The average molecular weight is 835 g/mol. The molecule has 4 heteroatoms. The normalized spacial score (nSPS) is 13.8. The predicted molar refractivity (Wildman–Crippen MR) is 266 cm³/mol. The van der Waals surface area contributed by atoms with Gasteiger partial charge in [0.25, 0.3) is 0 Å². The van der Waals surface area contributed by atoms with Crippen molar-refractivity contribution in [3.8, 4) is 39.5 Å². The zero-order chi connectivity index (χ0) is 44.1. The smallest absolute Gasteiger partial charge is 0.216 e. The molecular formula is C59H68N3O+. The van der Waals surface area contributed by atoms with Crippen LogP contribution in [0.3, 0.4) is 0 Å². The molecule has 3 heterocycles. The van der Waals surface area contributed by atoms with Crippen LogP contribution in [-0.4, -0.2) is 9.55 Å². The molecule has 0 bridgehead atoms. The highest BCUT2D eigenvalue weighted by Crippen LogP contribution is 2.47. The van der Waals surface area contributed by atoms with Gasteiger partial charge in [-0.1, -0.05) is 177 Å². The molecule has 324 valence electrons. The van der Waals surface area contributed by atoms with E-state index in [4.69, 9.17) is 9.40 Å². The molecule has 5 aromatic carbocycles. The Morgan fingerprint density at radius 1 is 0.714 bits per heavy atom. The van der Waals surface area contributed by atoms with E-state index >= 15 is 0 Å². The first-order valence-corrected chi connectivity index (χ1v) is 24.0. The number of hydrogen-bond acceptors (Lipinski definition) is 2. The number of furan rings is 1. The zero-order valence-electron chi connectivity index (χ0n) is 39.1. The van der Waals surface area contributed by atoms with Crippen LogP contribution in [0.15, 0.2) is 144 Å². The molecule has 0 radical (unpaired) electrons. The van der Waals surface area contributed by atoms with E-state index in [0.717, 1.165) is 60.0 Å². The first kappa shape index (κ1) is 43.9. The fraction of sp³-hybridized carbons (Fsp3) is 0.356. The molecule has 0 aliphatic carbocycles. The van der Waals surface area contributed by atoms with E-state index in [9.17, 15) is 0 Å². The van der Waals surface area contributed by atoms with E-state index in [1.807, 2.05) is 6.20 Å². The van der Waals surface area contributed by atoms with Crippen molar-refractivity contribution in [2.75, 3.05) is 0 Å². The molecule has 0 spiro atoms. The Morgan fingerprint density at radius 3 is 2.25 bits per heavy atom. The maximum absolute atomic E-state index is 6.70. The van der Waals surface area contributed by atoms with Gasteiger partial charge >= 0.3 is 0 Å². The summed E-state index contributed by atoms with van der Waals surface area (Å²) in [5.74, 6) is 2.34. The number of unbranched alkanes of at least 4 members (excludes halogenated alkanes) is 2. The van der Waals surface area contributed by atoms with Crippen LogP contribution in [0.2, 0.25) is 0 Å². The summed E-state index contributed by atoms with van der Waals surface area (Å²) in [4.78, 5) is 5.24. The summed E-state index contributed by atoms with van der Waals surface area (Å²) in [6.07, 6.45) is 15.8. The second-order valence-corrected chi connectivity index (χ2v) is 18.5. The molecule has 0 amide bonds. The number of imidazole rings is 1. The van der Waals surface area contributed by atoms with Crippen LogP contribution in [0.25, 0.3) is 61.4 Å². The third kappa shape index (κ3) is 8.54. The summed E-state index contributed by atoms with van der Waals surface area (Å²) in [5.41, 5.74) is 14.6. The molecule has 0 fully saturated rings. The fourth-order valence-corrected chi connectivity index (χ4v) is 10.7. The molecule has 8 aromatic rings.